The van der Waals surface area contributed by atoms with Gasteiger partial charge in [-0.2, -0.15) is 0 Å². The highest BCUT2D eigenvalue weighted by atomic mass is 35.5. The molecule has 1 aliphatic rings. The largest absolute Gasteiger partial charge is 0.457 e. The van der Waals surface area contributed by atoms with Gasteiger partial charge < -0.3 is 14.3 Å². The zero-order valence-electron chi connectivity index (χ0n) is 17.4. The number of rotatable bonds is 6. The molecule has 5 nitrogen and oxygen atoms in total. The van der Waals surface area contributed by atoms with E-state index in [1.54, 1.807) is 34.8 Å². The highest BCUT2D eigenvalue weighted by molar-refractivity contribution is 6.31. The lowest BCUT2D eigenvalue weighted by Crippen LogP contribution is -2.35. The van der Waals surface area contributed by atoms with E-state index in [1.165, 1.54) is 18.2 Å². The Kier molecular flexibility index (Phi) is 7.56. The number of halogens is 2. The summed E-state index contributed by atoms with van der Waals surface area (Å²) in [7, 11) is 1.61. The highest BCUT2D eigenvalue weighted by Crippen LogP contribution is 2.41. The minimum atomic E-state index is -0.730. The van der Waals surface area contributed by atoms with Crippen molar-refractivity contribution in [2.24, 2.45) is 4.99 Å². The summed E-state index contributed by atoms with van der Waals surface area (Å²) in [5, 5.41) is 0.163. The smallest absolute Gasteiger partial charge is 0.337 e. The molecule has 1 heterocycles. The Bertz CT molecular complexity index is 881. The second-order valence-electron chi connectivity index (χ2n) is 7.93. The van der Waals surface area contributed by atoms with Gasteiger partial charge in [0.1, 0.15) is 17.3 Å². The number of carbonyl (C=O) groups excluding carboxylic acids is 1. The van der Waals surface area contributed by atoms with Crippen molar-refractivity contribution in [3.8, 4) is 0 Å². The van der Waals surface area contributed by atoms with E-state index in [2.05, 4.69) is 9.84 Å². The van der Waals surface area contributed by atoms with Crippen LogP contribution in [0.2, 0.25) is 5.02 Å². The first-order valence-corrected chi connectivity index (χ1v) is 9.79. The summed E-state index contributed by atoms with van der Waals surface area (Å²) in [6.07, 6.45) is 1.14. The number of aliphatic imine (C=N–C) groups is 1. The molecule has 1 aromatic carbocycles. The van der Waals surface area contributed by atoms with Gasteiger partial charge in [-0.3, -0.25) is 4.99 Å². The van der Waals surface area contributed by atoms with E-state index in [-0.39, 0.29) is 5.02 Å². The third kappa shape index (κ3) is 5.65. The van der Waals surface area contributed by atoms with Gasteiger partial charge in [0.2, 0.25) is 0 Å². The number of benzene rings is 1. The van der Waals surface area contributed by atoms with Crippen LogP contribution in [-0.4, -0.2) is 37.0 Å². The standard InChI is InChI=1S/C22H26ClFN2O3/c1-13-20(25-5)18(15-10-9-14(24)12-16(15)23)19(21(27)29-22(2,3)4)17(26-13)8-7-11-28-6/h9-10,12,18,20H,7-8,11H2,1-4,6H3. The molecule has 0 aliphatic carbocycles. The molecule has 2 unspecified atom stereocenters. The fourth-order valence-electron chi connectivity index (χ4n) is 3.32. The topological polar surface area (TPSA) is 52.2 Å². The quantitative estimate of drug-likeness (QED) is 0.354. The Morgan fingerprint density at radius 1 is 1.38 bits per heavy atom. The van der Waals surface area contributed by atoms with Gasteiger partial charge in [-0.05, 0) is 58.2 Å². The van der Waals surface area contributed by atoms with Crippen LogP contribution >= 0.6 is 11.6 Å². The van der Waals surface area contributed by atoms with Gasteiger partial charge in [0.25, 0.3) is 6.04 Å². The normalized spacial score (nSPS) is 19.6. The molecule has 0 saturated carbocycles. The summed E-state index contributed by atoms with van der Waals surface area (Å²) < 4.78 is 24.4. The van der Waals surface area contributed by atoms with Crippen molar-refractivity contribution in [3.05, 3.63) is 57.3 Å². The number of hydrogen-bond acceptors (Lipinski definition) is 4. The molecule has 156 valence electrons. The monoisotopic (exact) mass is 420 g/mol. The first-order chi connectivity index (χ1) is 13.6. The first kappa shape index (κ1) is 23.1. The van der Waals surface area contributed by atoms with Crippen LogP contribution in [0.25, 0.3) is 4.85 Å². The van der Waals surface area contributed by atoms with Gasteiger partial charge in [0.05, 0.1) is 17.0 Å². The number of carbonyl (C=O) groups is 1. The van der Waals surface area contributed by atoms with Crippen molar-refractivity contribution in [2.75, 3.05) is 13.7 Å². The van der Waals surface area contributed by atoms with Gasteiger partial charge in [-0.1, -0.05) is 17.7 Å². The first-order valence-electron chi connectivity index (χ1n) is 9.41. The summed E-state index contributed by atoms with van der Waals surface area (Å²) >= 11 is 6.33. The molecule has 0 amide bonds. The average Bonchev–Trinajstić information content (AvgIpc) is 2.60. The molecule has 0 fully saturated rings. The lowest BCUT2D eigenvalue weighted by Gasteiger charge is -2.30. The molecule has 0 spiro atoms. The summed E-state index contributed by atoms with van der Waals surface area (Å²) in [5.74, 6) is -1.71. The maximum Gasteiger partial charge on any atom is 0.337 e. The fourth-order valence-corrected chi connectivity index (χ4v) is 3.60. The van der Waals surface area contributed by atoms with Crippen LogP contribution in [0.1, 0.15) is 52.0 Å². The van der Waals surface area contributed by atoms with Gasteiger partial charge in [-0.25, -0.2) is 15.8 Å². The second-order valence-corrected chi connectivity index (χ2v) is 8.34. The molecule has 2 rings (SSSR count). The van der Waals surface area contributed by atoms with Crippen LogP contribution in [0, 0.1) is 12.4 Å². The van der Waals surface area contributed by atoms with Crippen LogP contribution in [0.4, 0.5) is 4.39 Å². The minimum absolute atomic E-state index is 0.163. The third-order valence-corrected chi connectivity index (χ3v) is 4.82. The van der Waals surface area contributed by atoms with Gasteiger partial charge in [0, 0.05) is 18.7 Å². The van der Waals surface area contributed by atoms with Crippen molar-refractivity contribution in [2.45, 2.75) is 58.1 Å². The molecule has 1 aromatic rings. The SMILES string of the molecule is [C-]#[N+]C1C(C)=NC(CCCOC)=C(C(=O)OC(C)(C)C)C1c1ccc(F)cc1Cl. The van der Waals surface area contributed by atoms with Crippen molar-refractivity contribution in [3.63, 3.8) is 0 Å². The van der Waals surface area contributed by atoms with Crippen molar-refractivity contribution < 1.29 is 18.7 Å². The maximum atomic E-state index is 13.6. The zero-order valence-corrected chi connectivity index (χ0v) is 18.1. The molecule has 0 saturated heterocycles. The lowest BCUT2D eigenvalue weighted by atomic mass is 9.79. The van der Waals surface area contributed by atoms with E-state index in [0.717, 1.165) is 0 Å². The molecular formula is C22H26ClFN2O3. The molecule has 0 N–H and O–H groups in total. The van der Waals surface area contributed by atoms with E-state index in [1.807, 2.05) is 0 Å². The maximum absolute atomic E-state index is 13.6. The van der Waals surface area contributed by atoms with Crippen LogP contribution < -0.4 is 0 Å². The Hall–Kier alpha value is -2.23. The van der Waals surface area contributed by atoms with Crippen LogP contribution in [0.3, 0.4) is 0 Å². The van der Waals surface area contributed by atoms with E-state index < -0.39 is 29.3 Å². The zero-order chi connectivity index (χ0) is 21.8. The Labute approximate surface area is 176 Å². The molecular weight excluding hydrogens is 395 g/mol. The molecule has 0 aromatic heterocycles. The van der Waals surface area contributed by atoms with E-state index in [0.29, 0.717) is 42.0 Å². The van der Waals surface area contributed by atoms with E-state index in [4.69, 9.17) is 27.6 Å². The van der Waals surface area contributed by atoms with E-state index >= 15 is 0 Å². The van der Waals surface area contributed by atoms with Gasteiger partial charge in [-0.15, -0.1) is 0 Å². The Balaban J connectivity index is 2.67. The minimum Gasteiger partial charge on any atom is -0.457 e. The predicted octanol–water partition coefficient (Wildman–Crippen LogP) is 5.35. The average molecular weight is 421 g/mol. The lowest BCUT2D eigenvalue weighted by molar-refractivity contribution is -0.150. The molecule has 29 heavy (non-hydrogen) atoms. The Morgan fingerprint density at radius 2 is 2.07 bits per heavy atom. The van der Waals surface area contributed by atoms with Crippen LogP contribution in [0.15, 0.2) is 34.5 Å². The number of allylic oxidation sites excluding steroid dienone is 1. The summed E-state index contributed by atoms with van der Waals surface area (Å²) in [6.45, 7) is 15.3. The van der Waals surface area contributed by atoms with Crippen LogP contribution in [-0.2, 0) is 14.3 Å². The van der Waals surface area contributed by atoms with Crippen LogP contribution in [0.5, 0.6) is 0 Å². The number of nitrogens with zero attached hydrogens (tertiary/aromatic N) is 2. The summed E-state index contributed by atoms with van der Waals surface area (Å²) in [6, 6.07) is 3.26. The van der Waals surface area contributed by atoms with Crippen molar-refractivity contribution in [1.82, 2.24) is 0 Å². The number of methoxy groups -OCH3 is 1. The van der Waals surface area contributed by atoms with E-state index in [9.17, 15) is 9.18 Å². The fraction of sp³-hybridized carbons (Fsp3) is 0.500. The molecule has 0 radical (unpaired) electrons. The van der Waals surface area contributed by atoms with Crippen molar-refractivity contribution >= 4 is 23.3 Å². The summed E-state index contributed by atoms with van der Waals surface area (Å²) in [5.41, 5.74) is 1.23. The van der Waals surface area contributed by atoms with Gasteiger partial charge >= 0.3 is 5.97 Å². The summed E-state index contributed by atoms with van der Waals surface area (Å²) in [4.78, 5) is 21.5. The number of hydrogen-bond donors (Lipinski definition) is 0. The van der Waals surface area contributed by atoms with Crippen molar-refractivity contribution in [1.29, 1.82) is 0 Å². The number of esters is 1. The molecule has 2 atom stereocenters. The number of ether oxygens (including phenoxy) is 2. The molecule has 1 aliphatic heterocycles. The third-order valence-electron chi connectivity index (χ3n) is 4.49. The predicted molar refractivity (Wildman–Crippen MR) is 112 cm³/mol. The second kappa shape index (κ2) is 9.51. The van der Waals surface area contributed by atoms with Gasteiger partial charge in [0.15, 0.2) is 0 Å². The highest BCUT2D eigenvalue weighted by Gasteiger charge is 2.44. The Morgan fingerprint density at radius 3 is 2.62 bits per heavy atom. The molecule has 7 heteroatoms. The molecule has 0 bridgehead atoms.